The molecule has 3 heterocycles. The number of rotatable bonds is 6. The fraction of sp³-hybridized carbons (Fsp3) is 0.316. The molecule has 2 aromatic heterocycles. The number of hydrogen-bond acceptors (Lipinski definition) is 7. The maximum atomic E-state index is 12.7. The van der Waals surface area contributed by atoms with Crippen LogP contribution in [0, 0.1) is 0 Å². The average molecular weight is 417 g/mol. The van der Waals surface area contributed by atoms with E-state index in [9.17, 15) is 4.79 Å². The summed E-state index contributed by atoms with van der Waals surface area (Å²) in [6.45, 7) is 5.69. The van der Waals surface area contributed by atoms with Crippen LogP contribution in [-0.2, 0) is 11.3 Å². The monoisotopic (exact) mass is 416 g/mol. The zero-order valence-corrected chi connectivity index (χ0v) is 17.2. The van der Waals surface area contributed by atoms with Crippen molar-refractivity contribution in [1.82, 2.24) is 14.8 Å². The van der Waals surface area contributed by atoms with Crippen LogP contribution in [0.1, 0.15) is 13.8 Å². The van der Waals surface area contributed by atoms with Gasteiger partial charge in [-0.2, -0.15) is 0 Å². The predicted octanol–water partition coefficient (Wildman–Crippen LogP) is 3.92. The van der Waals surface area contributed by atoms with Crippen molar-refractivity contribution >= 4 is 34.7 Å². The molecule has 0 spiro atoms. The molecule has 1 N–H and O–H groups in total. The minimum atomic E-state index is -0.334. The number of nitrogens with one attached hydrogen (secondary N) is 1. The molecule has 1 atom stereocenters. The summed E-state index contributed by atoms with van der Waals surface area (Å²) in [6.07, 6.45) is 0. The molecule has 0 bridgehead atoms. The Hall–Kier alpha value is -2.52. The van der Waals surface area contributed by atoms with Crippen LogP contribution in [0.5, 0.6) is 11.5 Å². The van der Waals surface area contributed by atoms with Crippen LogP contribution in [0.15, 0.2) is 40.9 Å². The van der Waals surface area contributed by atoms with Crippen LogP contribution in [0.25, 0.3) is 10.7 Å². The van der Waals surface area contributed by atoms with Gasteiger partial charge in [0.2, 0.25) is 5.91 Å². The Kier molecular flexibility index (Phi) is 5.54. The minimum absolute atomic E-state index is 0.106. The van der Waals surface area contributed by atoms with Crippen LogP contribution in [-0.4, -0.2) is 39.1 Å². The largest absolute Gasteiger partial charge is 0.486 e. The standard InChI is InChI=1S/C19H20N4O3S2/c1-3-23-17(16-5-4-10-27-16)21-22-19(23)28-12(2)18(24)20-13-6-7-14-15(11-13)26-9-8-25-14/h4-7,10-12H,3,8-9H2,1-2H3,(H,20,24)/t12-/m1/s1. The normalized spacial score (nSPS) is 13.9. The van der Waals surface area contributed by atoms with E-state index in [4.69, 9.17) is 9.47 Å². The number of carbonyl (C=O) groups is 1. The van der Waals surface area contributed by atoms with Crippen molar-refractivity contribution in [2.75, 3.05) is 18.5 Å². The minimum Gasteiger partial charge on any atom is -0.486 e. The quantitative estimate of drug-likeness (QED) is 0.614. The summed E-state index contributed by atoms with van der Waals surface area (Å²) in [5.74, 6) is 2.07. The Morgan fingerprint density at radius 3 is 2.86 bits per heavy atom. The number of ether oxygens (including phenoxy) is 2. The van der Waals surface area contributed by atoms with Gasteiger partial charge < -0.3 is 19.4 Å². The summed E-state index contributed by atoms with van der Waals surface area (Å²) in [6, 6.07) is 9.42. The Morgan fingerprint density at radius 1 is 1.29 bits per heavy atom. The highest BCUT2D eigenvalue weighted by Gasteiger charge is 2.21. The van der Waals surface area contributed by atoms with Gasteiger partial charge in [0, 0.05) is 18.3 Å². The molecule has 0 saturated heterocycles. The van der Waals surface area contributed by atoms with Gasteiger partial charge >= 0.3 is 0 Å². The van der Waals surface area contributed by atoms with Crippen LogP contribution >= 0.6 is 23.1 Å². The lowest BCUT2D eigenvalue weighted by molar-refractivity contribution is -0.115. The van der Waals surface area contributed by atoms with E-state index in [2.05, 4.69) is 15.5 Å². The Morgan fingerprint density at radius 2 is 2.11 bits per heavy atom. The fourth-order valence-corrected chi connectivity index (χ4v) is 4.46. The van der Waals surface area contributed by atoms with Crippen molar-refractivity contribution < 1.29 is 14.3 Å². The summed E-state index contributed by atoms with van der Waals surface area (Å²) in [7, 11) is 0. The Bertz CT molecular complexity index is 972. The van der Waals surface area contributed by atoms with Gasteiger partial charge in [-0.05, 0) is 37.4 Å². The first kappa shape index (κ1) is 18.8. The number of benzene rings is 1. The first-order valence-corrected chi connectivity index (χ1v) is 10.8. The zero-order chi connectivity index (χ0) is 19.5. The van der Waals surface area contributed by atoms with Gasteiger partial charge in [-0.25, -0.2) is 0 Å². The summed E-state index contributed by atoms with van der Waals surface area (Å²) in [5, 5.41) is 14.0. The van der Waals surface area contributed by atoms with Crippen LogP contribution < -0.4 is 14.8 Å². The Balaban J connectivity index is 1.45. The van der Waals surface area contributed by atoms with Gasteiger partial charge in [-0.15, -0.1) is 21.5 Å². The molecular formula is C19H20N4O3S2. The first-order valence-electron chi connectivity index (χ1n) is 9.00. The molecule has 0 fully saturated rings. The maximum absolute atomic E-state index is 12.7. The van der Waals surface area contributed by atoms with E-state index >= 15 is 0 Å². The van der Waals surface area contributed by atoms with E-state index in [-0.39, 0.29) is 11.2 Å². The van der Waals surface area contributed by atoms with Gasteiger partial charge in [0.05, 0.1) is 10.1 Å². The molecule has 0 saturated carbocycles. The zero-order valence-electron chi connectivity index (χ0n) is 15.5. The summed E-state index contributed by atoms with van der Waals surface area (Å²) >= 11 is 3.02. The molecular weight excluding hydrogens is 396 g/mol. The molecule has 0 radical (unpaired) electrons. The van der Waals surface area contributed by atoms with Gasteiger partial charge in [0.1, 0.15) is 13.2 Å². The highest BCUT2D eigenvalue weighted by atomic mass is 32.2. The number of nitrogens with zero attached hydrogens (tertiary/aromatic N) is 3. The molecule has 1 amide bonds. The molecule has 1 aromatic carbocycles. The number of anilines is 1. The number of carbonyl (C=O) groups excluding carboxylic acids is 1. The molecule has 4 rings (SSSR count). The van der Waals surface area contributed by atoms with E-state index in [1.54, 1.807) is 17.4 Å². The third-order valence-corrected chi connectivity index (χ3v) is 6.18. The van der Waals surface area contributed by atoms with E-state index in [0.29, 0.717) is 30.4 Å². The van der Waals surface area contributed by atoms with Crippen LogP contribution in [0.3, 0.4) is 0 Å². The molecule has 28 heavy (non-hydrogen) atoms. The second kappa shape index (κ2) is 8.24. The third kappa shape index (κ3) is 3.85. The van der Waals surface area contributed by atoms with Gasteiger partial charge in [0.15, 0.2) is 22.5 Å². The lowest BCUT2D eigenvalue weighted by atomic mass is 10.2. The van der Waals surface area contributed by atoms with Crippen molar-refractivity contribution in [3.63, 3.8) is 0 Å². The van der Waals surface area contributed by atoms with E-state index in [0.717, 1.165) is 22.4 Å². The number of thiophene rings is 1. The van der Waals surface area contributed by atoms with Crippen LogP contribution in [0.2, 0.25) is 0 Å². The van der Waals surface area contributed by atoms with E-state index < -0.39 is 0 Å². The second-order valence-corrected chi connectivity index (χ2v) is 8.39. The third-order valence-electron chi connectivity index (χ3n) is 4.24. The van der Waals surface area contributed by atoms with Crippen molar-refractivity contribution in [2.45, 2.75) is 30.8 Å². The fourth-order valence-electron chi connectivity index (χ4n) is 2.83. The molecule has 0 unspecified atom stereocenters. The molecule has 9 heteroatoms. The van der Waals surface area contributed by atoms with Gasteiger partial charge in [0.25, 0.3) is 0 Å². The molecule has 1 aliphatic rings. The average Bonchev–Trinajstić information content (AvgIpc) is 3.37. The highest BCUT2D eigenvalue weighted by Crippen LogP contribution is 2.33. The summed E-state index contributed by atoms with van der Waals surface area (Å²) < 4.78 is 13.1. The number of aromatic nitrogens is 3. The lowest BCUT2D eigenvalue weighted by Crippen LogP contribution is -2.23. The summed E-state index contributed by atoms with van der Waals surface area (Å²) in [5.41, 5.74) is 0.679. The number of fused-ring (bicyclic) bond motifs is 1. The molecule has 3 aromatic rings. The van der Waals surface area contributed by atoms with E-state index in [1.807, 2.05) is 48.1 Å². The van der Waals surface area contributed by atoms with Crippen molar-refractivity contribution in [1.29, 1.82) is 0 Å². The molecule has 7 nitrogen and oxygen atoms in total. The van der Waals surface area contributed by atoms with E-state index in [1.165, 1.54) is 11.8 Å². The maximum Gasteiger partial charge on any atom is 0.237 e. The van der Waals surface area contributed by atoms with Crippen molar-refractivity contribution in [2.24, 2.45) is 0 Å². The number of thioether (sulfide) groups is 1. The second-order valence-electron chi connectivity index (χ2n) is 6.14. The molecule has 1 aliphatic heterocycles. The first-order chi connectivity index (χ1) is 13.7. The Labute approximate surface area is 171 Å². The smallest absolute Gasteiger partial charge is 0.237 e. The number of amides is 1. The number of hydrogen-bond donors (Lipinski definition) is 1. The molecule has 0 aliphatic carbocycles. The van der Waals surface area contributed by atoms with Crippen LogP contribution in [0.4, 0.5) is 5.69 Å². The predicted molar refractivity (Wildman–Crippen MR) is 110 cm³/mol. The summed E-state index contributed by atoms with van der Waals surface area (Å²) in [4.78, 5) is 13.7. The van der Waals surface area contributed by atoms with Crippen molar-refractivity contribution in [3.8, 4) is 22.2 Å². The SMILES string of the molecule is CCn1c(S[C@H](C)C(=O)Nc2ccc3c(c2)OCCO3)nnc1-c1cccs1. The molecule has 146 valence electrons. The highest BCUT2D eigenvalue weighted by molar-refractivity contribution is 8.00. The lowest BCUT2D eigenvalue weighted by Gasteiger charge is -2.19. The van der Waals surface area contributed by atoms with Gasteiger partial charge in [-0.1, -0.05) is 17.8 Å². The topological polar surface area (TPSA) is 78.3 Å². The van der Waals surface area contributed by atoms with Gasteiger partial charge in [-0.3, -0.25) is 4.79 Å². The van der Waals surface area contributed by atoms with Crippen molar-refractivity contribution in [3.05, 3.63) is 35.7 Å².